The molecule has 1 fully saturated rings. The third-order valence-electron chi connectivity index (χ3n) is 4.71. The first kappa shape index (κ1) is 20.9. The number of hydrogen-bond donors (Lipinski definition) is 0. The molecule has 0 aliphatic carbocycles. The van der Waals surface area contributed by atoms with Crippen LogP contribution in [0.2, 0.25) is 0 Å². The second kappa shape index (κ2) is 11.5. The summed E-state index contributed by atoms with van der Waals surface area (Å²) in [6.45, 7) is 8.16. The highest BCUT2D eigenvalue weighted by molar-refractivity contribution is 5.84. The van der Waals surface area contributed by atoms with Crippen molar-refractivity contribution in [3.05, 3.63) is 0 Å². The average molecular weight is 341 g/mol. The van der Waals surface area contributed by atoms with Crippen molar-refractivity contribution in [1.29, 1.82) is 0 Å². The molecule has 0 bridgehead atoms. The topological polar surface area (TPSA) is 55.8 Å². The number of carbonyl (C=O) groups excluding carboxylic acids is 2. The molecule has 5 nitrogen and oxygen atoms in total. The molecule has 140 valence electrons. The van der Waals surface area contributed by atoms with Crippen molar-refractivity contribution in [2.24, 2.45) is 5.92 Å². The molecule has 24 heavy (non-hydrogen) atoms. The van der Waals surface area contributed by atoms with Crippen LogP contribution in [0.5, 0.6) is 0 Å². The van der Waals surface area contributed by atoms with E-state index in [0.717, 1.165) is 12.8 Å². The highest BCUT2D eigenvalue weighted by Crippen LogP contribution is 2.27. The van der Waals surface area contributed by atoms with Crippen LogP contribution in [-0.2, 0) is 19.1 Å². The van der Waals surface area contributed by atoms with Gasteiger partial charge < -0.3 is 14.4 Å². The summed E-state index contributed by atoms with van der Waals surface area (Å²) in [6, 6.07) is -0.594. The number of hydrogen-bond acceptors (Lipinski definition) is 4. The Balaban J connectivity index is 2.41. The van der Waals surface area contributed by atoms with Crippen LogP contribution in [0.4, 0.5) is 0 Å². The minimum Gasteiger partial charge on any atom is -0.464 e. The van der Waals surface area contributed by atoms with Crippen LogP contribution in [0.3, 0.4) is 0 Å². The molecule has 1 rings (SSSR count). The van der Waals surface area contributed by atoms with Gasteiger partial charge in [-0.1, -0.05) is 58.8 Å². The summed E-state index contributed by atoms with van der Waals surface area (Å²) in [5.74, 6) is -0.260. The molecule has 1 aliphatic heterocycles. The van der Waals surface area contributed by atoms with Gasteiger partial charge in [-0.05, 0) is 13.3 Å². The first-order chi connectivity index (χ1) is 11.5. The molecule has 0 aromatic rings. The van der Waals surface area contributed by atoms with Crippen molar-refractivity contribution < 1.29 is 19.1 Å². The van der Waals surface area contributed by atoms with Crippen LogP contribution in [-0.4, -0.2) is 42.3 Å². The Kier molecular flexibility index (Phi) is 9.99. The van der Waals surface area contributed by atoms with Gasteiger partial charge in [-0.2, -0.15) is 0 Å². The Morgan fingerprint density at radius 2 is 1.75 bits per heavy atom. The van der Waals surface area contributed by atoms with Crippen LogP contribution in [0.1, 0.15) is 79.1 Å². The number of nitrogens with zero attached hydrogens (tertiary/aromatic N) is 1. The molecule has 1 amide bonds. The maximum Gasteiger partial charge on any atom is 0.331 e. The summed E-state index contributed by atoms with van der Waals surface area (Å²) >= 11 is 0. The molecular weight excluding hydrogens is 306 g/mol. The molecule has 0 radical (unpaired) electrons. The Labute approximate surface area is 147 Å². The zero-order valence-electron chi connectivity index (χ0n) is 15.9. The highest BCUT2D eigenvalue weighted by Gasteiger charge is 2.43. The second-order valence-electron chi connectivity index (χ2n) is 6.81. The van der Waals surface area contributed by atoms with E-state index in [9.17, 15) is 9.59 Å². The average Bonchev–Trinajstić information content (AvgIpc) is 2.99. The summed E-state index contributed by atoms with van der Waals surface area (Å²) < 4.78 is 10.8. The molecule has 2 unspecified atom stereocenters. The van der Waals surface area contributed by atoms with E-state index in [-0.39, 0.29) is 30.6 Å². The zero-order chi connectivity index (χ0) is 17.9. The highest BCUT2D eigenvalue weighted by atomic mass is 16.6. The standard InChI is InChI=1S/C19H35NO4/c1-5-7-8-9-10-11-12-13-15(3)18-20(16(4)21)17(14-24-18)19(22)23-6-2/h15,17-18H,5-14H2,1-4H3/t15?,17-,18?/m0/s1. The predicted octanol–water partition coefficient (Wildman–Crippen LogP) is 3.90. The summed E-state index contributed by atoms with van der Waals surface area (Å²) in [7, 11) is 0. The molecule has 0 aromatic carbocycles. The van der Waals surface area contributed by atoms with Crippen molar-refractivity contribution in [2.45, 2.75) is 91.3 Å². The maximum absolute atomic E-state index is 12.0. The van der Waals surface area contributed by atoms with E-state index in [1.165, 1.54) is 45.4 Å². The van der Waals surface area contributed by atoms with E-state index in [1.807, 2.05) is 0 Å². The predicted molar refractivity (Wildman–Crippen MR) is 94.5 cm³/mol. The molecule has 3 atom stereocenters. The summed E-state index contributed by atoms with van der Waals surface area (Å²) in [4.78, 5) is 25.6. The lowest BCUT2D eigenvalue weighted by molar-refractivity contribution is -0.154. The van der Waals surface area contributed by atoms with Crippen molar-refractivity contribution in [3.63, 3.8) is 0 Å². The van der Waals surface area contributed by atoms with Gasteiger partial charge in [0, 0.05) is 12.8 Å². The fraction of sp³-hybridized carbons (Fsp3) is 0.895. The van der Waals surface area contributed by atoms with Gasteiger partial charge in [-0.25, -0.2) is 4.79 Å². The van der Waals surface area contributed by atoms with E-state index in [4.69, 9.17) is 9.47 Å². The largest absolute Gasteiger partial charge is 0.464 e. The molecule has 0 spiro atoms. The minimum atomic E-state index is -0.594. The number of rotatable bonds is 11. The minimum absolute atomic E-state index is 0.123. The van der Waals surface area contributed by atoms with E-state index < -0.39 is 6.04 Å². The third-order valence-corrected chi connectivity index (χ3v) is 4.71. The van der Waals surface area contributed by atoms with Gasteiger partial charge in [0.25, 0.3) is 0 Å². The van der Waals surface area contributed by atoms with Crippen LogP contribution < -0.4 is 0 Å². The SMILES string of the molecule is CCCCCCCCCC(C)C1OC[C@@H](C(=O)OCC)N1C(C)=O. The van der Waals surface area contributed by atoms with Crippen molar-refractivity contribution in [1.82, 2.24) is 4.90 Å². The number of unbranched alkanes of at least 4 members (excludes halogenated alkanes) is 6. The van der Waals surface area contributed by atoms with Crippen LogP contribution in [0, 0.1) is 5.92 Å². The van der Waals surface area contributed by atoms with Crippen molar-refractivity contribution in [2.75, 3.05) is 13.2 Å². The lowest BCUT2D eigenvalue weighted by Gasteiger charge is -2.30. The molecule has 0 saturated carbocycles. The normalized spacial score (nSPS) is 21.8. The van der Waals surface area contributed by atoms with Gasteiger partial charge >= 0.3 is 5.97 Å². The zero-order valence-corrected chi connectivity index (χ0v) is 15.9. The second-order valence-corrected chi connectivity index (χ2v) is 6.81. The number of esters is 1. The molecule has 5 heteroatoms. The van der Waals surface area contributed by atoms with Gasteiger partial charge in [0.15, 0.2) is 6.04 Å². The van der Waals surface area contributed by atoms with Gasteiger partial charge in [-0.15, -0.1) is 0 Å². The van der Waals surface area contributed by atoms with E-state index in [1.54, 1.807) is 11.8 Å². The Morgan fingerprint density at radius 1 is 1.12 bits per heavy atom. The first-order valence-corrected chi connectivity index (χ1v) is 9.60. The van der Waals surface area contributed by atoms with Crippen molar-refractivity contribution >= 4 is 11.9 Å². The van der Waals surface area contributed by atoms with Crippen LogP contribution in [0.25, 0.3) is 0 Å². The lowest BCUT2D eigenvalue weighted by Crippen LogP contribution is -2.47. The molecule has 1 aliphatic rings. The molecule has 1 heterocycles. The number of amides is 1. The van der Waals surface area contributed by atoms with Gasteiger partial charge in [0.1, 0.15) is 6.23 Å². The lowest BCUT2D eigenvalue weighted by atomic mass is 9.99. The quantitative estimate of drug-likeness (QED) is 0.422. The van der Waals surface area contributed by atoms with E-state index >= 15 is 0 Å². The smallest absolute Gasteiger partial charge is 0.331 e. The molecule has 0 N–H and O–H groups in total. The van der Waals surface area contributed by atoms with Crippen molar-refractivity contribution in [3.8, 4) is 0 Å². The molecular formula is C19H35NO4. The molecule has 1 saturated heterocycles. The number of carbonyl (C=O) groups is 2. The first-order valence-electron chi connectivity index (χ1n) is 9.60. The van der Waals surface area contributed by atoms with Crippen LogP contribution >= 0.6 is 0 Å². The summed E-state index contributed by atoms with van der Waals surface area (Å²) in [5.41, 5.74) is 0. The fourth-order valence-corrected chi connectivity index (χ4v) is 3.35. The molecule has 0 aromatic heterocycles. The van der Waals surface area contributed by atoms with E-state index in [0.29, 0.717) is 6.61 Å². The Bertz CT molecular complexity index is 386. The maximum atomic E-state index is 12.0. The van der Waals surface area contributed by atoms with Crippen LogP contribution in [0.15, 0.2) is 0 Å². The van der Waals surface area contributed by atoms with Gasteiger partial charge in [-0.3, -0.25) is 4.79 Å². The van der Waals surface area contributed by atoms with Gasteiger partial charge in [0.05, 0.1) is 13.2 Å². The third kappa shape index (κ3) is 6.42. The number of ether oxygens (including phenoxy) is 2. The van der Waals surface area contributed by atoms with E-state index in [2.05, 4.69) is 13.8 Å². The van der Waals surface area contributed by atoms with Gasteiger partial charge in [0.2, 0.25) is 5.91 Å². The Morgan fingerprint density at radius 3 is 2.33 bits per heavy atom. The summed E-state index contributed by atoms with van der Waals surface area (Å²) in [5, 5.41) is 0. The fourth-order valence-electron chi connectivity index (χ4n) is 3.35. The summed E-state index contributed by atoms with van der Waals surface area (Å²) in [6.07, 6.45) is 9.59. The Hall–Kier alpha value is -1.10. The monoisotopic (exact) mass is 341 g/mol.